The Morgan fingerprint density at radius 3 is 2.33 bits per heavy atom. The van der Waals surface area contributed by atoms with E-state index < -0.39 is 0 Å². The van der Waals surface area contributed by atoms with Crippen LogP contribution in [0, 0.1) is 6.92 Å². The first kappa shape index (κ1) is 15.0. The van der Waals surface area contributed by atoms with Gasteiger partial charge in [-0.05, 0) is 31.7 Å². The Bertz CT molecular complexity index is 441. The molecule has 0 bridgehead atoms. The van der Waals surface area contributed by atoms with Crippen molar-refractivity contribution >= 4 is 0 Å². The molecular weight excluding hydrogens is 262 g/mol. The molecule has 0 amide bonds. The molecule has 2 fully saturated rings. The molecule has 2 aliphatic rings. The van der Waals surface area contributed by atoms with Crippen molar-refractivity contribution in [2.45, 2.75) is 63.8 Å². The van der Waals surface area contributed by atoms with Crippen LogP contribution in [0.3, 0.4) is 0 Å². The predicted octanol–water partition coefficient (Wildman–Crippen LogP) is 3.72. The van der Waals surface area contributed by atoms with Crippen LogP contribution in [0.15, 0.2) is 24.3 Å². The molecule has 1 aromatic rings. The highest BCUT2D eigenvalue weighted by Crippen LogP contribution is 2.36. The van der Waals surface area contributed by atoms with Crippen LogP contribution in [0.4, 0.5) is 0 Å². The van der Waals surface area contributed by atoms with E-state index in [0.29, 0.717) is 12.1 Å². The normalized spacial score (nSPS) is 23.5. The second-order valence-corrected chi connectivity index (χ2v) is 6.42. The summed E-state index contributed by atoms with van der Waals surface area (Å²) in [4.78, 5) is 0. The second-order valence-electron chi connectivity index (χ2n) is 6.42. The standard InChI is InChI=1S/C18H27NO2/c1-3-17(15-6-4-14(2)5-7-15)19-16-8-10-18(11-9-16)20-12-13-21-18/h4-7,16-17,19H,3,8-13H2,1-2H3. The fourth-order valence-electron chi connectivity index (χ4n) is 3.54. The van der Waals surface area contributed by atoms with Gasteiger partial charge in [-0.25, -0.2) is 0 Å². The van der Waals surface area contributed by atoms with Crippen LogP contribution in [0.25, 0.3) is 0 Å². The van der Waals surface area contributed by atoms with E-state index >= 15 is 0 Å². The zero-order valence-corrected chi connectivity index (χ0v) is 13.2. The Morgan fingerprint density at radius 2 is 1.76 bits per heavy atom. The number of ether oxygens (including phenoxy) is 2. The quantitative estimate of drug-likeness (QED) is 0.916. The number of hydrogen-bond acceptors (Lipinski definition) is 3. The summed E-state index contributed by atoms with van der Waals surface area (Å²) < 4.78 is 11.6. The molecule has 1 atom stereocenters. The number of rotatable bonds is 4. The van der Waals surface area contributed by atoms with Gasteiger partial charge in [0.15, 0.2) is 5.79 Å². The monoisotopic (exact) mass is 289 g/mol. The molecule has 0 aromatic heterocycles. The van der Waals surface area contributed by atoms with Crippen LogP contribution in [-0.2, 0) is 9.47 Å². The van der Waals surface area contributed by atoms with E-state index in [9.17, 15) is 0 Å². The lowest BCUT2D eigenvalue weighted by Gasteiger charge is -2.37. The van der Waals surface area contributed by atoms with Crippen LogP contribution in [-0.4, -0.2) is 25.0 Å². The van der Waals surface area contributed by atoms with Gasteiger partial charge >= 0.3 is 0 Å². The minimum absolute atomic E-state index is 0.246. The molecule has 1 saturated heterocycles. The van der Waals surface area contributed by atoms with Crippen molar-refractivity contribution in [3.8, 4) is 0 Å². The molecular formula is C18H27NO2. The highest BCUT2D eigenvalue weighted by molar-refractivity contribution is 5.24. The summed E-state index contributed by atoms with van der Waals surface area (Å²) >= 11 is 0. The summed E-state index contributed by atoms with van der Waals surface area (Å²) in [5.41, 5.74) is 2.72. The zero-order chi connectivity index (χ0) is 14.7. The Kier molecular flexibility index (Phi) is 4.63. The lowest BCUT2D eigenvalue weighted by Crippen LogP contribution is -2.43. The van der Waals surface area contributed by atoms with Crippen molar-refractivity contribution in [3.63, 3.8) is 0 Å². The van der Waals surface area contributed by atoms with Gasteiger partial charge in [-0.3, -0.25) is 0 Å². The van der Waals surface area contributed by atoms with E-state index in [0.717, 1.165) is 45.3 Å². The fourth-order valence-corrected chi connectivity index (χ4v) is 3.54. The minimum Gasteiger partial charge on any atom is -0.348 e. The molecule has 1 N–H and O–H groups in total. The molecule has 1 unspecified atom stereocenters. The molecule has 1 saturated carbocycles. The first-order valence-electron chi connectivity index (χ1n) is 8.31. The van der Waals surface area contributed by atoms with Crippen LogP contribution in [0.5, 0.6) is 0 Å². The maximum atomic E-state index is 5.81. The third-order valence-corrected chi connectivity index (χ3v) is 4.89. The van der Waals surface area contributed by atoms with Crippen LogP contribution in [0.1, 0.15) is 56.2 Å². The molecule has 1 aliphatic carbocycles. The molecule has 116 valence electrons. The van der Waals surface area contributed by atoms with Crippen LogP contribution in [0.2, 0.25) is 0 Å². The molecule has 1 aromatic carbocycles. The number of aryl methyl sites for hydroxylation is 1. The van der Waals surface area contributed by atoms with Crippen molar-refractivity contribution in [1.82, 2.24) is 5.32 Å². The van der Waals surface area contributed by atoms with Gasteiger partial charge in [-0.2, -0.15) is 0 Å². The van der Waals surface area contributed by atoms with Gasteiger partial charge in [0.05, 0.1) is 13.2 Å². The number of nitrogens with one attached hydrogen (secondary N) is 1. The highest BCUT2D eigenvalue weighted by Gasteiger charge is 2.40. The summed E-state index contributed by atoms with van der Waals surface area (Å²) in [6.45, 7) is 5.92. The Morgan fingerprint density at radius 1 is 1.14 bits per heavy atom. The van der Waals surface area contributed by atoms with Crippen molar-refractivity contribution in [2.75, 3.05) is 13.2 Å². The lowest BCUT2D eigenvalue weighted by molar-refractivity contribution is -0.179. The molecule has 1 aliphatic heterocycles. The van der Waals surface area contributed by atoms with Gasteiger partial charge in [0, 0.05) is 24.9 Å². The van der Waals surface area contributed by atoms with Crippen molar-refractivity contribution in [1.29, 1.82) is 0 Å². The highest BCUT2D eigenvalue weighted by atomic mass is 16.7. The van der Waals surface area contributed by atoms with Gasteiger partial charge in [0.1, 0.15) is 0 Å². The van der Waals surface area contributed by atoms with Gasteiger partial charge in [-0.1, -0.05) is 36.8 Å². The van der Waals surface area contributed by atoms with E-state index in [1.54, 1.807) is 0 Å². The lowest BCUT2D eigenvalue weighted by atomic mass is 9.89. The van der Waals surface area contributed by atoms with Crippen molar-refractivity contribution in [3.05, 3.63) is 35.4 Å². The van der Waals surface area contributed by atoms with Gasteiger partial charge in [-0.15, -0.1) is 0 Å². The average Bonchev–Trinajstić information content (AvgIpc) is 2.96. The SMILES string of the molecule is CCC(NC1CCC2(CC1)OCCO2)c1ccc(C)cc1. The maximum absolute atomic E-state index is 5.81. The van der Waals surface area contributed by atoms with Crippen LogP contribution >= 0.6 is 0 Å². The van der Waals surface area contributed by atoms with E-state index in [4.69, 9.17) is 9.47 Å². The third-order valence-electron chi connectivity index (χ3n) is 4.89. The summed E-state index contributed by atoms with van der Waals surface area (Å²) in [6, 6.07) is 9.95. The fraction of sp³-hybridized carbons (Fsp3) is 0.667. The average molecular weight is 289 g/mol. The summed E-state index contributed by atoms with van der Waals surface area (Å²) in [7, 11) is 0. The Hall–Kier alpha value is -0.900. The van der Waals surface area contributed by atoms with E-state index in [1.807, 2.05) is 0 Å². The molecule has 3 nitrogen and oxygen atoms in total. The first-order chi connectivity index (χ1) is 10.2. The Labute approximate surface area is 128 Å². The van der Waals surface area contributed by atoms with Gasteiger partial charge in [0.25, 0.3) is 0 Å². The van der Waals surface area contributed by atoms with E-state index in [1.165, 1.54) is 11.1 Å². The van der Waals surface area contributed by atoms with Crippen molar-refractivity contribution < 1.29 is 9.47 Å². The Balaban J connectivity index is 1.56. The van der Waals surface area contributed by atoms with E-state index in [-0.39, 0.29) is 5.79 Å². The minimum atomic E-state index is -0.246. The molecule has 21 heavy (non-hydrogen) atoms. The first-order valence-corrected chi connectivity index (χ1v) is 8.31. The molecule has 1 heterocycles. The maximum Gasteiger partial charge on any atom is 0.168 e. The topological polar surface area (TPSA) is 30.5 Å². The molecule has 3 rings (SSSR count). The van der Waals surface area contributed by atoms with Gasteiger partial charge < -0.3 is 14.8 Å². The third kappa shape index (κ3) is 3.47. The second kappa shape index (κ2) is 6.47. The zero-order valence-electron chi connectivity index (χ0n) is 13.2. The molecule has 0 radical (unpaired) electrons. The van der Waals surface area contributed by atoms with Gasteiger partial charge in [0.2, 0.25) is 0 Å². The van der Waals surface area contributed by atoms with Crippen molar-refractivity contribution in [2.24, 2.45) is 0 Å². The number of benzene rings is 1. The molecule has 1 spiro atoms. The summed E-state index contributed by atoms with van der Waals surface area (Å²) in [5, 5.41) is 3.84. The summed E-state index contributed by atoms with van der Waals surface area (Å²) in [5.74, 6) is -0.246. The smallest absolute Gasteiger partial charge is 0.168 e. The van der Waals surface area contributed by atoms with E-state index in [2.05, 4.69) is 43.4 Å². The number of hydrogen-bond donors (Lipinski definition) is 1. The predicted molar refractivity (Wildman–Crippen MR) is 84.2 cm³/mol. The summed E-state index contributed by atoms with van der Waals surface area (Å²) in [6.07, 6.45) is 5.45. The molecule has 3 heteroatoms. The largest absolute Gasteiger partial charge is 0.348 e. The van der Waals surface area contributed by atoms with Crippen LogP contribution < -0.4 is 5.32 Å².